The molecule has 3 atom stereocenters. The van der Waals surface area contributed by atoms with Gasteiger partial charge in [-0.25, -0.2) is 0 Å². The fourth-order valence-corrected chi connectivity index (χ4v) is 5.01. The van der Waals surface area contributed by atoms with Crippen LogP contribution in [-0.4, -0.2) is 36.9 Å². The molecule has 0 spiro atoms. The zero-order valence-electron chi connectivity index (χ0n) is 26.5. The molecule has 0 rings (SSSR count). The van der Waals surface area contributed by atoms with E-state index in [1.54, 1.807) is 0 Å². The van der Waals surface area contributed by atoms with E-state index < -0.39 is 6.04 Å². The summed E-state index contributed by atoms with van der Waals surface area (Å²) in [4.78, 5) is 38.4. The van der Waals surface area contributed by atoms with Gasteiger partial charge in [0, 0.05) is 25.9 Å². The van der Waals surface area contributed by atoms with Gasteiger partial charge in [-0.3, -0.25) is 14.4 Å². The highest BCUT2D eigenvalue weighted by Gasteiger charge is 2.22. The molecule has 0 aromatic rings. The zero-order valence-corrected chi connectivity index (χ0v) is 26.5. The van der Waals surface area contributed by atoms with E-state index >= 15 is 0 Å². The number of carbonyl (C=O) groups is 3. The molecule has 3 amide bonds. The maximum atomic E-state index is 13.1. The summed E-state index contributed by atoms with van der Waals surface area (Å²) in [6.45, 7) is 12.2. The van der Waals surface area contributed by atoms with Gasteiger partial charge in [0.2, 0.25) is 17.7 Å². The van der Waals surface area contributed by atoms with Crippen molar-refractivity contribution >= 4 is 17.7 Å². The third kappa shape index (κ3) is 21.9. The molecule has 0 aliphatic rings. The van der Waals surface area contributed by atoms with E-state index in [9.17, 15) is 14.4 Å². The Bertz CT molecular complexity index is 611. The second-order valence-corrected chi connectivity index (χ2v) is 11.6. The second-order valence-electron chi connectivity index (χ2n) is 11.6. The van der Waals surface area contributed by atoms with Crippen molar-refractivity contribution in [2.75, 3.05) is 13.1 Å². The fourth-order valence-electron chi connectivity index (χ4n) is 5.01. The number of hydrogen-bond acceptors (Lipinski definition) is 3. The van der Waals surface area contributed by atoms with Crippen LogP contribution in [0.1, 0.15) is 163 Å². The van der Waals surface area contributed by atoms with Crippen molar-refractivity contribution in [1.29, 1.82) is 0 Å². The van der Waals surface area contributed by atoms with Gasteiger partial charge in [-0.05, 0) is 37.5 Å². The number of carbonyl (C=O) groups excluding carboxylic acids is 3. The predicted octanol–water partition coefficient (Wildman–Crippen LogP) is 7.84. The maximum Gasteiger partial charge on any atom is 0.242 e. The quantitative estimate of drug-likeness (QED) is 0.0909. The van der Waals surface area contributed by atoms with Gasteiger partial charge in [0.25, 0.3) is 0 Å². The first-order valence-corrected chi connectivity index (χ1v) is 16.7. The molecule has 0 radical (unpaired) electrons. The average Bonchev–Trinajstić information content (AvgIpc) is 2.94. The smallest absolute Gasteiger partial charge is 0.242 e. The Morgan fingerprint density at radius 3 is 1.51 bits per heavy atom. The van der Waals surface area contributed by atoms with Crippen LogP contribution in [0.25, 0.3) is 0 Å². The first-order chi connectivity index (χ1) is 18.9. The van der Waals surface area contributed by atoms with Gasteiger partial charge in [-0.15, -0.1) is 0 Å². The summed E-state index contributed by atoms with van der Waals surface area (Å²) in [5, 5.41) is 9.09. The van der Waals surface area contributed by atoms with Crippen molar-refractivity contribution in [3.8, 4) is 0 Å². The van der Waals surface area contributed by atoms with E-state index in [0.29, 0.717) is 37.8 Å². The topological polar surface area (TPSA) is 87.3 Å². The highest BCUT2D eigenvalue weighted by molar-refractivity contribution is 5.88. The third-order valence-corrected chi connectivity index (χ3v) is 8.06. The Balaban J connectivity index is 4.70. The van der Waals surface area contributed by atoms with Gasteiger partial charge >= 0.3 is 0 Å². The summed E-state index contributed by atoms with van der Waals surface area (Å²) in [5.74, 6) is 0.669. The molecule has 2 unspecified atom stereocenters. The van der Waals surface area contributed by atoms with Crippen molar-refractivity contribution in [3.63, 3.8) is 0 Å². The molecular weight excluding hydrogens is 486 g/mol. The van der Waals surface area contributed by atoms with E-state index in [4.69, 9.17) is 0 Å². The molecule has 6 heteroatoms. The van der Waals surface area contributed by atoms with Crippen molar-refractivity contribution < 1.29 is 14.4 Å². The molecule has 0 aliphatic carbocycles. The van der Waals surface area contributed by atoms with Gasteiger partial charge in [-0.1, -0.05) is 125 Å². The summed E-state index contributed by atoms with van der Waals surface area (Å²) < 4.78 is 0. The van der Waals surface area contributed by atoms with Gasteiger partial charge in [0.05, 0.1) is 0 Å². The normalized spacial score (nSPS) is 13.5. The molecule has 0 aliphatic heterocycles. The van der Waals surface area contributed by atoms with Crippen LogP contribution in [0, 0.1) is 11.8 Å². The monoisotopic (exact) mass is 552 g/mol. The van der Waals surface area contributed by atoms with Crippen molar-refractivity contribution in [3.05, 3.63) is 0 Å². The van der Waals surface area contributed by atoms with Crippen LogP contribution in [0.2, 0.25) is 0 Å². The third-order valence-electron chi connectivity index (χ3n) is 8.06. The minimum Gasteiger partial charge on any atom is -0.356 e. The van der Waals surface area contributed by atoms with Crippen LogP contribution in [0.4, 0.5) is 0 Å². The molecule has 0 fully saturated rings. The Kier molecular flexibility index (Phi) is 25.5. The van der Waals surface area contributed by atoms with Gasteiger partial charge in [0.1, 0.15) is 6.04 Å². The second kappa shape index (κ2) is 26.6. The zero-order chi connectivity index (χ0) is 29.1. The molecule has 0 heterocycles. The first-order valence-electron chi connectivity index (χ1n) is 16.7. The van der Waals surface area contributed by atoms with Crippen LogP contribution in [0.3, 0.4) is 0 Å². The van der Waals surface area contributed by atoms with Crippen molar-refractivity contribution in [2.24, 2.45) is 11.8 Å². The Hall–Kier alpha value is -1.59. The number of amides is 3. The van der Waals surface area contributed by atoms with E-state index in [1.807, 2.05) is 0 Å². The van der Waals surface area contributed by atoms with Gasteiger partial charge < -0.3 is 16.0 Å². The lowest BCUT2D eigenvalue weighted by atomic mass is 9.99. The first kappa shape index (κ1) is 37.4. The molecule has 0 saturated carbocycles. The lowest BCUT2D eigenvalue weighted by molar-refractivity contribution is -0.130. The summed E-state index contributed by atoms with van der Waals surface area (Å²) in [6.07, 6.45) is 20.8. The van der Waals surface area contributed by atoms with Crippen LogP contribution in [0.15, 0.2) is 0 Å². The van der Waals surface area contributed by atoms with E-state index in [2.05, 4.69) is 50.6 Å². The molecule has 39 heavy (non-hydrogen) atoms. The Labute approximate surface area is 242 Å². The summed E-state index contributed by atoms with van der Waals surface area (Å²) in [7, 11) is 0. The molecule has 0 aromatic heterocycles. The largest absolute Gasteiger partial charge is 0.356 e. The predicted molar refractivity (Wildman–Crippen MR) is 166 cm³/mol. The van der Waals surface area contributed by atoms with E-state index in [1.165, 1.54) is 44.9 Å². The van der Waals surface area contributed by atoms with Crippen molar-refractivity contribution in [1.82, 2.24) is 16.0 Å². The maximum absolute atomic E-state index is 13.1. The summed E-state index contributed by atoms with van der Waals surface area (Å²) in [6, 6.07) is -0.660. The van der Waals surface area contributed by atoms with E-state index in [-0.39, 0.29) is 24.1 Å². The molecule has 3 N–H and O–H groups in total. The lowest BCUT2D eigenvalue weighted by Gasteiger charge is -2.21. The number of nitrogens with one attached hydrogen (secondary N) is 3. The standard InChI is InChI=1S/C33H65N3O3/c1-6-11-14-15-16-17-18-19-20-23-32(38)36-30(33(39)35-27-29(10-5)22-13-8-3)24-25-31(37)34-26-28(9-4)21-12-7-2/h28-30H,6-27H2,1-5H3,(H,34,37)(H,35,39)(H,36,38)/t28?,29?,30-/m0/s1. The SMILES string of the molecule is CCCCCCCCCCCC(=O)N[C@@H](CCC(=O)NCC(CC)CCCC)C(=O)NCC(CC)CCCC. The van der Waals surface area contributed by atoms with Gasteiger partial charge in [-0.2, -0.15) is 0 Å². The molecule has 0 saturated heterocycles. The minimum absolute atomic E-state index is 0.0367. The average molecular weight is 552 g/mol. The van der Waals surface area contributed by atoms with Crippen LogP contribution in [0.5, 0.6) is 0 Å². The number of hydrogen-bond donors (Lipinski definition) is 3. The lowest BCUT2D eigenvalue weighted by Crippen LogP contribution is -2.48. The summed E-state index contributed by atoms with van der Waals surface area (Å²) >= 11 is 0. The fraction of sp³-hybridized carbons (Fsp3) is 0.909. The highest BCUT2D eigenvalue weighted by Crippen LogP contribution is 2.14. The summed E-state index contributed by atoms with van der Waals surface area (Å²) in [5.41, 5.74) is 0. The number of unbranched alkanes of at least 4 members (excludes halogenated alkanes) is 10. The Morgan fingerprint density at radius 2 is 1.00 bits per heavy atom. The number of rotatable bonds is 27. The van der Waals surface area contributed by atoms with Crippen LogP contribution in [-0.2, 0) is 14.4 Å². The van der Waals surface area contributed by atoms with Crippen LogP contribution < -0.4 is 16.0 Å². The highest BCUT2D eigenvalue weighted by atomic mass is 16.2. The van der Waals surface area contributed by atoms with Crippen molar-refractivity contribution in [2.45, 2.75) is 169 Å². The molecule has 0 aromatic carbocycles. The molecule has 230 valence electrons. The van der Waals surface area contributed by atoms with Crippen LogP contribution >= 0.6 is 0 Å². The Morgan fingerprint density at radius 1 is 0.513 bits per heavy atom. The van der Waals surface area contributed by atoms with Gasteiger partial charge in [0.15, 0.2) is 0 Å². The van der Waals surface area contributed by atoms with E-state index in [0.717, 1.165) is 64.2 Å². The molecule has 6 nitrogen and oxygen atoms in total. The minimum atomic E-state index is -0.660. The molecular formula is C33H65N3O3. The molecule has 0 bridgehead atoms.